The van der Waals surface area contributed by atoms with Crippen LogP contribution in [0.25, 0.3) is 0 Å². The van der Waals surface area contributed by atoms with E-state index in [1.807, 2.05) is 0 Å². The first-order valence-electron chi connectivity index (χ1n) is 10.6. The Labute approximate surface area is 191 Å². The van der Waals surface area contributed by atoms with Crippen LogP contribution in [0, 0.1) is 18.8 Å². The van der Waals surface area contributed by atoms with Gasteiger partial charge in [0.1, 0.15) is 0 Å². The first-order valence-corrected chi connectivity index (χ1v) is 11.6. The number of urea groups is 1. The number of carbonyl (C=O) groups excluding carboxylic acids is 3. The van der Waals surface area contributed by atoms with E-state index in [2.05, 4.69) is 34.6 Å². The van der Waals surface area contributed by atoms with Crippen molar-refractivity contribution in [2.45, 2.75) is 56.7 Å². The van der Waals surface area contributed by atoms with Crippen molar-refractivity contribution >= 4 is 29.7 Å². The third-order valence-corrected chi connectivity index (χ3v) is 6.70. The van der Waals surface area contributed by atoms with Crippen LogP contribution < -0.4 is 10.6 Å². The summed E-state index contributed by atoms with van der Waals surface area (Å²) in [5, 5.41) is 8.83. The fourth-order valence-electron chi connectivity index (χ4n) is 3.66. The Balaban J connectivity index is 1.47. The average molecular weight is 461 g/mol. The van der Waals surface area contributed by atoms with Crippen LogP contribution in [0.2, 0.25) is 0 Å². The highest BCUT2D eigenvalue weighted by Gasteiger charge is 2.28. The van der Waals surface area contributed by atoms with Crippen LogP contribution in [-0.2, 0) is 15.3 Å². The molecule has 0 spiro atoms. The van der Waals surface area contributed by atoms with Crippen LogP contribution in [0.5, 0.6) is 0 Å². The number of aryl methyl sites for hydroxylation is 1. The first-order chi connectivity index (χ1) is 15.3. The Hall–Kier alpha value is -2.88. The highest BCUT2D eigenvalue weighted by atomic mass is 32.2. The molecule has 3 atom stereocenters. The predicted molar refractivity (Wildman–Crippen MR) is 118 cm³/mol. The van der Waals surface area contributed by atoms with Crippen molar-refractivity contribution in [3.05, 3.63) is 41.5 Å². The molecule has 10 heteroatoms. The standard InChI is InChI=1S/C22H28N4O5S/c1-13-7-6-9-17(14(13)2)24-22(29)25-19(27)11-30-21(28)16-8-4-5-10-18(16)32-12-20-23-15(3)26-31-20/h4-5,8,10,13-14,17H,6-7,9,11-12H2,1-3H3,(H2,24,25,27,29)/t13-,14+,17+/m0/s1. The Kier molecular flexibility index (Phi) is 8.26. The summed E-state index contributed by atoms with van der Waals surface area (Å²) < 4.78 is 10.2. The molecule has 1 aromatic carbocycles. The van der Waals surface area contributed by atoms with Crippen molar-refractivity contribution in [2.75, 3.05) is 6.61 Å². The molecule has 32 heavy (non-hydrogen) atoms. The molecule has 1 heterocycles. The molecule has 0 saturated heterocycles. The molecule has 0 bridgehead atoms. The number of rotatable bonds is 7. The Morgan fingerprint density at radius 1 is 1.22 bits per heavy atom. The van der Waals surface area contributed by atoms with Crippen LogP contribution in [0.4, 0.5) is 4.79 Å². The lowest BCUT2D eigenvalue weighted by Crippen LogP contribution is -2.49. The van der Waals surface area contributed by atoms with Gasteiger partial charge in [0.25, 0.3) is 5.91 Å². The zero-order valence-electron chi connectivity index (χ0n) is 18.4. The maximum Gasteiger partial charge on any atom is 0.339 e. The van der Waals surface area contributed by atoms with Gasteiger partial charge in [-0.25, -0.2) is 9.59 Å². The molecule has 1 aromatic heterocycles. The average Bonchev–Trinajstić information content (AvgIpc) is 3.19. The molecule has 0 radical (unpaired) electrons. The van der Waals surface area contributed by atoms with E-state index in [4.69, 9.17) is 9.26 Å². The minimum Gasteiger partial charge on any atom is -0.452 e. The first kappa shape index (κ1) is 23.8. The second-order valence-corrected chi connectivity index (χ2v) is 9.01. The van der Waals surface area contributed by atoms with Crippen molar-refractivity contribution in [3.63, 3.8) is 0 Å². The number of esters is 1. The minimum absolute atomic E-state index is 0.0284. The van der Waals surface area contributed by atoms with Gasteiger partial charge in [-0.1, -0.05) is 44.0 Å². The van der Waals surface area contributed by atoms with Crippen LogP contribution in [0.1, 0.15) is 55.2 Å². The number of ether oxygens (including phenoxy) is 1. The van der Waals surface area contributed by atoms with Crippen molar-refractivity contribution in [2.24, 2.45) is 11.8 Å². The third kappa shape index (κ3) is 6.56. The lowest BCUT2D eigenvalue weighted by molar-refractivity contribution is -0.123. The number of thioether (sulfide) groups is 1. The zero-order valence-corrected chi connectivity index (χ0v) is 19.2. The van der Waals surface area contributed by atoms with Crippen molar-refractivity contribution in [1.82, 2.24) is 20.8 Å². The summed E-state index contributed by atoms with van der Waals surface area (Å²) in [6.07, 6.45) is 3.08. The summed E-state index contributed by atoms with van der Waals surface area (Å²) >= 11 is 1.34. The molecule has 1 aliphatic carbocycles. The van der Waals surface area contributed by atoms with E-state index < -0.39 is 24.5 Å². The van der Waals surface area contributed by atoms with Crippen LogP contribution >= 0.6 is 11.8 Å². The van der Waals surface area contributed by atoms with E-state index in [0.717, 1.165) is 19.3 Å². The molecule has 1 aliphatic rings. The molecular weight excluding hydrogens is 432 g/mol. The van der Waals surface area contributed by atoms with Gasteiger partial charge in [0, 0.05) is 10.9 Å². The normalized spacial score (nSPS) is 20.4. The molecule has 2 aromatic rings. The van der Waals surface area contributed by atoms with Gasteiger partial charge in [0.2, 0.25) is 5.89 Å². The number of carbonyl (C=O) groups is 3. The number of hydrogen-bond donors (Lipinski definition) is 2. The van der Waals surface area contributed by atoms with Gasteiger partial charge >= 0.3 is 12.0 Å². The largest absolute Gasteiger partial charge is 0.452 e. The highest BCUT2D eigenvalue weighted by molar-refractivity contribution is 7.98. The molecule has 0 unspecified atom stereocenters. The Morgan fingerprint density at radius 2 is 2.00 bits per heavy atom. The van der Waals surface area contributed by atoms with Gasteiger partial charge in [0.15, 0.2) is 12.4 Å². The Bertz CT molecular complexity index is 963. The molecule has 1 saturated carbocycles. The number of amides is 3. The monoisotopic (exact) mass is 460 g/mol. The third-order valence-electron chi connectivity index (χ3n) is 5.64. The molecule has 0 aliphatic heterocycles. The second kappa shape index (κ2) is 11.1. The number of benzene rings is 1. The molecule has 2 N–H and O–H groups in total. The molecule has 172 valence electrons. The van der Waals surface area contributed by atoms with Crippen molar-refractivity contribution in [3.8, 4) is 0 Å². The van der Waals surface area contributed by atoms with Gasteiger partial charge in [-0.2, -0.15) is 4.98 Å². The minimum atomic E-state index is -0.682. The lowest BCUT2D eigenvalue weighted by Gasteiger charge is -2.34. The van der Waals surface area contributed by atoms with Crippen LogP contribution in [0.3, 0.4) is 0 Å². The van der Waals surface area contributed by atoms with E-state index in [1.54, 1.807) is 31.2 Å². The fraction of sp³-hybridized carbons (Fsp3) is 0.500. The van der Waals surface area contributed by atoms with E-state index >= 15 is 0 Å². The topological polar surface area (TPSA) is 123 Å². The van der Waals surface area contributed by atoms with Crippen molar-refractivity contribution in [1.29, 1.82) is 0 Å². The van der Waals surface area contributed by atoms with Gasteiger partial charge < -0.3 is 14.6 Å². The van der Waals surface area contributed by atoms with Gasteiger partial charge in [0.05, 0.1) is 11.3 Å². The number of aromatic nitrogens is 2. The summed E-state index contributed by atoms with van der Waals surface area (Å²) in [7, 11) is 0. The number of nitrogens with one attached hydrogen (secondary N) is 2. The maximum absolute atomic E-state index is 12.5. The van der Waals surface area contributed by atoms with E-state index in [1.165, 1.54) is 11.8 Å². The van der Waals surface area contributed by atoms with Crippen LogP contribution in [-0.4, -0.2) is 40.7 Å². The van der Waals surface area contributed by atoms with Gasteiger partial charge in [-0.15, -0.1) is 11.8 Å². The summed E-state index contributed by atoms with van der Waals surface area (Å²) in [6.45, 7) is 5.45. The van der Waals surface area contributed by atoms with Crippen molar-refractivity contribution < 1.29 is 23.6 Å². The Morgan fingerprint density at radius 3 is 2.75 bits per heavy atom. The number of hydrogen-bond acceptors (Lipinski definition) is 8. The summed E-state index contributed by atoms with van der Waals surface area (Å²) in [4.78, 5) is 41.5. The molecule has 1 fully saturated rings. The molecular formula is C22H28N4O5S. The fourth-order valence-corrected chi connectivity index (χ4v) is 4.54. The van der Waals surface area contributed by atoms with Crippen LogP contribution in [0.15, 0.2) is 33.7 Å². The highest BCUT2D eigenvalue weighted by Crippen LogP contribution is 2.29. The predicted octanol–water partition coefficient (Wildman–Crippen LogP) is 3.48. The van der Waals surface area contributed by atoms with E-state index in [-0.39, 0.29) is 6.04 Å². The number of nitrogens with zero attached hydrogens (tertiary/aromatic N) is 2. The van der Waals surface area contributed by atoms with E-state index in [0.29, 0.717) is 39.8 Å². The summed E-state index contributed by atoms with van der Waals surface area (Å²) in [5.41, 5.74) is 0.316. The number of imide groups is 1. The van der Waals surface area contributed by atoms with E-state index in [9.17, 15) is 14.4 Å². The lowest BCUT2D eigenvalue weighted by atomic mass is 9.78. The summed E-state index contributed by atoms with van der Waals surface area (Å²) in [5.74, 6) is 0.904. The molecule has 3 amide bonds. The SMILES string of the molecule is Cc1noc(CSc2ccccc2C(=O)OCC(=O)NC(=O)N[C@@H]2CCC[C@H](C)[C@H]2C)n1. The smallest absolute Gasteiger partial charge is 0.339 e. The molecule has 9 nitrogen and oxygen atoms in total. The van der Waals surface area contributed by atoms with Gasteiger partial charge in [-0.3, -0.25) is 10.1 Å². The zero-order chi connectivity index (χ0) is 23.1. The summed E-state index contributed by atoms with van der Waals surface area (Å²) in [6, 6.07) is 6.34. The quantitative estimate of drug-likeness (QED) is 0.475. The van der Waals surface area contributed by atoms with Gasteiger partial charge in [-0.05, 0) is 37.3 Å². The molecule has 3 rings (SSSR count). The second-order valence-electron chi connectivity index (χ2n) is 7.99. The maximum atomic E-state index is 12.5.